The molecular weight excluding hydrogens is 478 g/mol. The van der Waals surface area contributed by atoms with Crippen molar-refractivity contribution in [1.29, 1.82) is 0 Å². The number of aromatic nitrogens is 3. The fraction of sp³-hybridized carbons (Fsp3) is 0.346. The van der Waals surface area contributed by atoms with Gasteiger partial charge in [-0.25, -0.2) is 4.79 Å². The Hall–Kier alpha value is -3.66. The summed E-state index contributed by atoms with van der Waals surface area (Å²) in [6, 6.07) is 13.6. The summed E-state index contributed by atoms with van der Waals surface area (Å²) in [5.74, 6) is -0.161. The lowest BCUT2D eigenvalue weighted by molar-refractivity contribution is -0.113. The zero-order chi connectivity index (χ0) is 26.2. The molecule has 1 heterocycles. The third-order valence-electron chi connectivity index (χ3n) is 5.24. The van der Waals surface area contributed by atoms with Crippen molar-refractivity contribution < 1.29 is 19.1 Å². The minimum absolute atomic E-state index is 0.1000. The third-order valence-corrected chi connectivity index (χ3v) is 6.21. The molecule has 0 saturated carbocycles. The molecule has 0 spiro atoms. The van der Waals surface area contributed by atoms with Crippen molar-refractivity contribution in [2.75, 3.05) is 11.1 Å². The fourth-order valence-corrected chi connectivity index (χ4v) is 4.33. The second-order valence-corrected chi connectivity index (χ2v) is 9.41. The molecule has 0 bridgehead atoms. The van der Waals surface area contributed by atoms with Gasteiger partial charge < -0.3 is 19.9 Å². The zero-order valence-electron chi connectivity index (χ0n) is 21.1. The molecule has 36 heavy (non-hydrogen) atoms. The Balaban J connectivity index is 1.61. The number of hydrogen-bond donors (Lipinski definition) is 2. The molecule has 3 rings (SSSR count). The highest BCUT2D eigenvalue weighted by molar-refractivity contribution is 7.99. The van der Waals surface area contributed by atoms with Crippen LogP contribution in [0.2, 0.25) is 0 Å². The molecule has 0 fully saturated rings. The van der Waals surface area contributed by atoms with Crippen molar-refractivity contribution in [3.8, 4) is 0 Å². The lowest BCUT2D eigenvalue weighted by atomic mass is 10.1. The number of amides is 2. The van der Waals surface area contributed by atoms with Crippen LogP contribution >= 0.6 is 11.8 Å². The van der Waals surface area contributed by atoms with E-state index in [2.05, 4.69) is 20.8 Å². The number of hydrogen-bond acceptors (Lipinski definition) is 7. The van der Waals surface area contributed by atoms with Gasteiger partial charge in [-0.05, 0) is 64.4 Å². The third kappa shape index (κ3) is 6.94. The summed E-state index contributed by atoms with van der Waals surface area (Å²) in [6.45, 7) is 9.83. The van der Waals surface area contributed by atoms with E-state index in [9.17, 15) is 14.4 Å². The van der Waals surface area contributed by atoms with Gasteiger partial charge in [-0.3, -0.25) is 9.59 Å². The molecule has 1 atom stereocenters. The second kappa shape index (κ2) is 12.3. The highest BCUT2D eigenvalue weighted by atomic mass is 32.2. The molecular formula is C26H31N5O4S. The molecule has 2 aromatic carbocycles. The van der Waals surface area contributed by atoms with E-state index in [0.29, 0.717) is 34.3 Å². The lowest BCUT2D eigenvalue weighted by Gasteiger charge is -2.16. The number of benzene rings is 2. The van der Waals surface area contributed by atoms with Crippen LogP contribution in [0.25, 0.3) is 0 Å². The van der Waals surface area contributed by atoms with Gasteiger partial charge in [0.2, 0.25) is 5.91 Å². The molecule has 0 aliphatic heterocycles. The highest BCUT2D eigenvalue weighted by Crippen LogP contribution is 2.22. The normalized spacial score (nSPS) is 11.7. The Kier molecular flexibility index (Phi) is 9.24. The van der Waals surface area contributed by atoms with Gasteiger partial charge in [0.1, 0.15) is 0 Å². The lowest BCUT2D eigenvalue weighted by Crippen LogP contribution is -2.29. The van der Waals surface area contributed by atoms with E-state index in [-0.39, 0.29) is 29.7 Å². The van der Waals surface area contributed by atoms with Crippen LogP contribution in [0.15, 0.2) is 53.7 Å². The Morgan fingerprint density at radius 3 is 2.50 bits per heavy atom. The molecule has 0 saturated heterocycles. The maximum atomic E-state index is 12.7. The van der Waals surface area contributed by atoms with Crippen molar-refractivity contribution in [2.24, 2.45) is 0 Å². The van der Waals surface area contributed by atoms with Crippen LogP contribution in [-0.2, 0) is 16.1 Å². The van der Waals surface area contributed by atoms with Crippen molar-refractivity contribution in [1.82, 2.24) is 20.1 Å². The van der Waals surface area contributed by atoms with E-state index in [4.69, 9.17) is 4.74 Å². The summed E-state index contributed by atoms with van der Waals surface area (Å²) in [7, 11) is 0. The smallest absolute Gasteiger partial charge is 0.338 e. The second-order valence-electron chi connectivity index (χ2n) is 8.47. The van der Waals surface area contributed by atoms with Crippen LogP contribution in [-0.4, -0.2) is 44.4 Å². The number of carbonyl (C=O) groups excluding carboxylic acids is 3. The van der Waals surface area contributed by atoms with Gasteiger partial charge in [-0.15, -0.1) is 10.2 Å². The van der Waals surface area contributed by atoms with Gasteiger partial charge in [-0.2, -0.15) is 0 Å². The zero-order valence-corrected chi connectivity index (χ0v) is 21.9. The average molecular weight is 510 g/mol. The van der Waals surface area contributed by atoms with Gasteiger partial charge in [0.25, 0.3) is 5.91 Å². The van der Waals surface area contributed by atoms with E-state index >= 15 is 0 Å². The fourth-order valence-electron chi connectivity index (χ4n) is 3.52. The SMILES string of the molecule is CCn1c(SCC(=O)Nc2cccc(C(=O)OC(C)C)c2)nnc1[C@H](C)NC(=O)c1ccccc1C. The molecule has 0 aliphatic carbocycles. The number of thioether (sulfide) groups is 1. The largest absolute Gasteiger partial charge is 0.459 e. The molecule has 0 aliphatic rings. The monoisotopic (exact) mass is 509 g/mol. The molecule has 2 N–H and O–H groups in total. The number of nitrogens with zero attached hydrogens (tertiary/aromatic N) is 3. The predicted molar refractivity (Wildman–Crippen MR) is 139 cm³/mol. The summed E-state index contributed by atoms with van der Waals surface area (Å²) < 4.78 is 7.08. The molecule has 0 radical (unpaired) electrons. The van der Waals surface area contributed by atoms with E-state index < -0.39 is 5.97 Å². The standard InChI is InChI=1S/C26H31N5O4S/c1-6-31-23(18(5)27-24(33)21-13-8-7-10-17(21)4)29-30-26(31)36-15-22(32)28-20-12-9-11-19(14-20)25(34)35-16(2)3/h7-14,16,18H,6,15H2,1-5H3,(H,27,33)(H,28,32)/t18-/m0/s1. The van der Waals surface area contributed by atoms with Gasteiger partial charge in [0, 0.05) is 17.8 Å². The molecule has 10 heteroatoms. The first-order chi connectivity index (χ1) is 17.2. The summed E-state index contributed by atoms with van der Waals surface area (Å²) in [6.07, 6.45) is -0.230. The van der Waals surface area contributed by atoms with Crippen LogP contribution in [0.5, 0.6) is 0 Å². The topological polar surface area (TPSA) is 115 Å². The number of rotatable bonds is 10. The highest BCUT2D eigenvalue weighted by Gasteiger charge is 2.21. The van der Waals surface area contributed by atoms with Crippen molar-refractivity contribution in [2.45, 2.75) is 58.5 Å². The minimum Gasteiger partial charge on any atom is -0.459 e. The maximum absolute atomic E-state index is 12.7. The van der Waals surface area contributed by atoms with Crippen molar-refractivity contribution in [3.63, 3.8) is 0 Å². The number of esters is 1. The van der Waals surface area contributed by atoms with Crippen molar-refractivity contribution >= 4 is 35.2 Å². The Labute approximate surface area is 215 Å². The average Bonchev–Trinajstić information content (AvgIpc) is 3.26. The van der Waals surface area contributed by atoms with Crippen LogP contribution in [0.3, 0.4) is 0 Å². The number of anilines is 1. The first-order valence-corrected chi connectivity index (χ1v) is 12.7. The van der Waals surface area contributed by atoms with E-state index in [0.717, 1.165) is 5.56 Å². The number of nitrogens with one attached hydrogen (secondary N) is 2. The van der Waals surface area contributed by atoms with Crippen molar-refractivity contribution in [3.05, 3.63) is 71.0 Å². The van der Waals surface area contributed by atoms with Crippen LogP contribution < -0.4 is 10.6 Å². The summed E-state index contributed by atoms with van der Waals surface area (Å²) >= 11 is 1.25. The van der Waals surface area contributed by atoms with Gasteiger partial charge in [0.15, 0.2) is 11.0 Å². The maximum Gasteiger partial charge on any atom is 0.338 e. The summed E-state index contributed by atoms with van der Waals surface area (Å²) in [4.78, 5) is 37.4. The number of ether oxygens (including phenoxy) is 1. The quantitative estimate of drug-likeness (QED) is 0.308. The first-order valence-electron chi connectivity index (χ1n) is 11.7. The van der Waals surface area contributed by atoms with Crippen LogP contribution in [0, 0.1) is 6.92 Å². The Morgan fingerprint density at radius 1 is 1.06 bits per heavy atom. The molecule has 0 unspecified atom stereocenters. The van der Waals surface area contributed by atoms with Gasteiger partial charge >= 0.3 is 5.97 Å². The number of carbonyl (C=O) groups is 3. The molecule has 9 nitrogen and oxygen atoms in total. The van der Waals surface area contributed by atoms with Crippen LogP contribution in [0.1, 0.15) is 65.8 Å². The summed E-state index contributed by atoms with van der Waals surface area (Å²) in [5.41, 5.74) is 2.37. The molecule has 3 aromatic rings. The molecule has 1 aromatic heterocycles. The molecule has 2 amide bonds. The van der Waals surface area contributed by atoms with Crippen LogP contribution in [0.4, 0.5) is 5.69 Å². The first kappa shape index (κ1) is 26.9. The Morgan fingerprint density at radius 2 is 1.81 bits per heavy atom. The van der Waals surface area contributed by atoms with Gasteiger partial charge in [0.05, 0.1) is 23.5 Å². The van der Waals surface area contributed by atoms with Gasteiger partial charge in [-0.1, -0.05) is 36.0 Å². The van der Waals surface area contributed by atoms with E-state index in [1.807, 2.05) is 43.5 Å². The Bertz CT molecular complexity index is 1240. The number of aryl methyl sites for hydroxylation is 1. The van der Waals surface area contributed by atoms with E-state index in [1.54, 1.807) is 44.2 Å². The molecule has 190 valence electrons. The minimum atomic E-state index is -0.442. The summed E-state index contributed by atoms with van der Waals surface area (Å²) in [5, 5.41) is 14.8. The predicted octanol–water partition coefficient (Wildman–Crippen LogP) is 4.39. The van der Waals surface area contributed by atoms with E-state index in [1.165, 1.54) is 11.8 Å².